The van der Waals surface area contributed by atoms with Gasteiger partial charge in [0.1, 0.15) is 0 Å². The van der Waals surface area contributed by atoms with Gasteiger partial charge in [-0.2, -0.15) is 5.06 Å². The third-order valence-corrected chi connectivity index (χ3v) is 3.50. The van der Waals surface area contributed by atoms with Gasteiger partial charge >= 0.3 is 0 Å². The molecule has 0 fully saturated rings. The van der Waals surface area contributed by atoms with Gasteiger partial charge in [0, 0.05) is 19.6 Å². The molecule has 0 atom stereocenters. The number of hydrogen-bond donors (Lipinski definition) is 2. The molecule has 1 rings (SSSR count). The van der Waals surface area contributed by atoms with Gasteiger partial charge in [-0.15, -0.1) is 0 Å². The van der Waals surface area contributed by atoms with Crippen molar-refractivity contribution in [2.45, 2.75) is 11.8 Å². The molecule has 5 nitrogen and oxygen atoms in total. The van der Waals surface area contributed by atoms with Gasteiger partial charge < -0.3 is 5.21 Å². The topological polar surface area (TPSA) is 69.6 Å². The summed E-state index contributed by atoms with van der Waals surface area (Å²) in [6, 6.07) is 8.77. The first-order chi connectivity index (χ1) is 7.56. The van der Waals surface area contributed by atoms with E-state index in [1.54, 1.807) is 19.1 Å². The van der Waals surface area contributed by atoms with E-state index < -0.39 is 10.0 Å². The summed E-state index contributed by atoms with van der Waals surface area (Å²) in [6.07, 6.45) is 0. The van der Waals surface area contributed by atoms with Crippen LogP contribution in [0.25, 0.3) is 0 Å². The van der Waals surface area contributed by atoms with Crippen LogP contribution in [-0.4, -0.2) is 38.3 Å². The van der Waals surface area contributed by atoms with Crippen molar-refractivity contribution in [1.29, 1.82) is 0 Å². The molecule has 0 heterocycles. The highest BCUT2D eigenvalue weighted by Gasteiger charge is 2.12. The number of benzene rings is 1. The van der Waals surface area contributed by atoms with Gasteiger partial charge in [0.15, 0.2) is 0 Å². The lowest BCUT2D eigenvalue weighted by Gasteiger charge is -2.12. The molecule has 2 N–H and O–H groups in total. The van der Waals surface area contributed by atoms with E-state index in [4.69, 9.17) is 5.21 Å². The first-order valence-corrected chi connectivity index (χ1v) is 6.44. The summed E-state index contributed by atoms with van der Waals surface area (Å²) in [6.45, 7) is 2.67. The molecule has 16 heavy (non-hydrogen) atoms. The van der Waals surface area contributed by atoms with Gasteiger partial charge in [-0.1, -0.05) is 19.1 Å². The van der Waals surface area contributed by atoms with E-state index in [1.807, 2.05) is 0 Å². The van der Waals surface area contributed by atoms with Crippen LogP contribution in [0, 0.1) is 6.07 Å². The Morgan fingerprint density at radius 1 is 1.44 bits per heavy atom. The van der Waals surface area contributed by atoms with Crippen LogP contribution in [0.15, 0.2) is 29.2 Å². The van der Waals surface area contributed by atoms with Gasteiger partial charge in [0.05, 0.1) is 4.90 Å². The van der Waals surface area contributed by atoms with Crippen LogP contribution in [-0.2, 0) is 10.0 Å². The van der Waals surface area contributed by atoms with E-state index in [1.165, 1.54) is 12.1 Å². The lowest BCUT2D eigenvalue weighted by molar-refractivity contribution is -0.0837. The predicted molar refractivity (Wildman–Crippen MR) is 59.5 cm³/mol. The number of hydrogen-bond acceptors (Lipinski definition) is 4. The molecule has 0 spiro atoms. The van der Waals surface area contributed by atoms with Crippen molar-refractivity contribution in [3.63, 3.8) is 0 Å². The maximum absolute atomic E-state index is 11.7. The van der Waals surface area contributed by atoms with E-state index in [2.05, 4.69) is 10.8 Å². The highest BCUT2D eigenvalue weighted by molar-refractivity contribution is 7.89. The van der Waals surface area contributed by atoms with Crippen LogP contribution in [0.1, 0.15) is 6.92 Å². The van der Waals surface area contributed by atoms with E-state index in [0.717, 1.165) is 5.06 Å². The van der Waals surface area contributed by atoms with Crippen molar-refractivity contribution in [3.05, 3.63) is 30.3 Å². The van der Waals surface area contributed by atoms with Gasteiger partial charge in [-0.05, 0) is 18.2 Å². The molecule has 0 aromatic heterocycles. The second-order valence-electron chi connectivity index (χ2n) is 3.18. The van der Waals surface area contributed by atoms with Crippen molar-refractivity contribution in [2.24, 2.45) is 0 Å². The number of likely N-dealkylation sites (N-methyl/N-ethyl adjacent to an activating group) is 1. The predicted octanol–water partition coefficient (Wildman–Crippen LogP) is 0.476. The fourth-order valence-corrected chi connectivity index (χ4v) is 2.12. The van der Waals surface area contributed by atoms with E-state index in [0.29, 0.717) is 6.54 Å². The number of nitrogens with zero attached hydrogens (tertiary/aromatic N) is 1. The van der Waals surface area contributed by atoms with Crippen LogP contribution in [0.5, 0.6) is 0 Å². The summed E-state index contributed by atoms with van der Waals surface area (Å²) in [5.41, 5.74) is 0. The van der Waals surface area contributed by atoms with Crippen LogP contribution in [0.3, 0.4) is 0 Å². The monoisotopic (exact) mass is 243 g/mol. The zero-order valence-corrected chi connectivity index (χ0v) is 9.87. The Morgan fingerprint density at radius 3 is 2.62 bits per heavy atom. The zero-order chi connectivity index (χ0) is 12.0. The third-order valence-electron chi connectivity index (χ3n) is 2.02. The fraction of sp³-hybridized carbons (Fsp3) is 0.400. The quantitative estimate of drug-likeness (QED) is 0.713. The minimum Gasteiger partial charge on any atom is -0.314 e. The highest BCUT2D eigenvalue weighted by atomic mass is 32.2. The molecule has 0 aliphatic carbocycles. The summed E-state index contributed by atoms with van der Waals surface area (Å²) in [4.78, 5) is 0.201. The number of rotatable bonds is 6. The van der Waals surface area contributed by atoms with Crippen molar-refractivity contribution < 1.29 is 13.6 Å². The van der Waals surface area contributed by atoms with Crippen LogP contribution in [0.2, 0.25) is 0 Å². The number of nitrogens with one attached hydrogen (secondary N) is 1. The van der Waals surface area contributed by atoms with Gasteiger partial charge in [-0.25, -0.2) is 13.1 Å². The fourth-order valence-electron chi connectivity index (χ4n) is 1.10. The maximum Gasteiger partial charge on any atom is 0.240 e. The van der Waals surface area contributed by atoms with Crippen molar-refractivity contribution >= 4 is 10.0 Å². The molecular formula is C10H15N2O3S. The van der Waals surface area contributed by atoms with Gasteiger partial charge in [-0.3, -0.25) is 0 Å². The van der Waals surface area contributed by atoms with E-state index in [-0.39, 0.29) is 18.0 Å². The second kappa shape index (κ2) is 5.95. The summed E-state index contributed by atoms with van der Waals surface area (Å²) in [5, 5.41) is 10.2. The Hall–Kier alpha value is -0.950. The first kappa shape index (κ1) is 13.1. The van der Waals surface area contributed by atoms with Gasteiger partial charge in [0.25, 0.3) is 0 Å². The van der Waals surface area contributed by atoms with E-state index >= 15 is 0 Å². The average molecular weight is 243 g/mol. The highest BCUT2D eigenvalue weighted by Crippen LogP contribution is 2.05. The molecule has 0 unspecified atom stereocenters. The Labute approximate surface area is 95.7 Å². The Morgan fingerprint density at radius 2 is 2.06 bits per heavy atom. The standard InChI is InChI=1S/C10H15N2O3S/c1-2-12(13)9-8-11-16(14,15)10-6-4-3-5-7-10/h4-7,11,13H,2,8-9H2,1H3. The maximum atomic E-state index is 11.7. The van der Waals surface area contributed by atoms with Crippen LogP contribution >= 0.6 is 0 Å². The number of sulfonamides is 1. The largest absolute Gasteiger partial charge is 0.314 e. The summed E-state index contributed by atoms with van der Waals surface area (Å²) >= 11 is 0. The van der Waals surface area contributed by atoms with Crippen molar-refractivity contribution in [2.75, 3.05) is 19.6 Å². The molecule has 1 aromatic carbocycles. The van der Waals surface area contributed by atoms with Crippen LogP contribution in [0.4, 0.5) is 0 Å². The zero-order valence-electron chi connectivity index (χ0n) is 9.05. The summed E-state index contributed by atoms with van der Waals surface area (Å²) in [5.74, 6) is 0. The third kappa shape index (κ3) is 3.90. The van der Waals surface area contributed by atoms with Gasteiger partial charge in [0.2, 0.25) is 10.0 Å². The SMILES string of the molecule is CCN(O)CCNS(=O)(=O)c1cc[c]cc1. The number of hydroxylamine groups is 2. The molecule has 1 aromatic rings. The lowest BCUT2D eigenvalue weighted by Crippen LogP contribution is -2.33. The smallest absolute Gasteiger partial charge is 0.240 e. The minimum absolute atomic E-state index is 0.172. The molecule has 0 amide bonds. The summed E-state index contributed by atoms with van der Waals surface area (Å²) in [7, 11) is -3.47. The molecule has 0 aliphatic heterocycles. The molecule has 0 bridgehead atoms. The summed E-state index contributed by atoms with van der Waals surface area (Å²) < 4.78 is 25.8. The first-order valence-electron chi connectivity index (χ1n) is 4.96. The molecule has 0 aliphatic rings. The molecule has 6 heteroatoms. The Bertz CT molecular complexity index is 405. The molecule has 0 saturated carbocycles. The molecule has 1 radical (unpaired) electrons. The van der Waals surface area contributed by atoms with Crippen molar-refractivity contribution in [3.8, 4) is 0 Å². The van der Waals surface area contributed by atoms with Crippen molar-refractivity contribution in [1.82, 2.24) is 9.79 Å². The van der Waals surface area contributed by atoms with E-state index in [9.17, 15) is 8.42 Å². The average Bonchev–Trinajstić information content (AvgIpc) is 2.30. The Balaban J connectivity index is 2.54. The lowest BCUT2D eigenvalue weighted by atomic mass is 10.4. The van der Waals surface area contributed by atoms with Crippen LogP contribution < -0.4 is 4.72 Å². The Kier molecular flexibility index (Phi) is 4.88. The molecule has 0 saturated heterocycles. The second-order valence-corrected chi connectivity index (χ2v) is 4.95. The normalized spacial score (nSPS) is 11.9. The molecule has 89 valence electrons. The minimum atomic E-state index is -3.47. The molecular weight excluding hydrogens is 228 g/mol.